The fraction of sp³-hybridized carbons (Fsp3) is 0. The van der Waals surface area contributed by atoms with Gasteiger partial charge in [0.15, 0.2) is 0 Å². The third kappa shape index (κ3) is 1.92. The third-order valence-electron chi connectivity index (χ3n) is 6.18. The van der Waals surface area contributed by atoms with Crippen LogP contribution in [0.4, 0.5) is 0 Å². The Kier molecular flexibility index (Phi) is 2.91. The van der Waals surface area contributed by atoms with Gasteiger partial charge in [-0.25, -0.2) is 0 Å². The Hall–Kier alpha value is -3.00. The normalized spacial score (nSPS) is 12.5. The number of halogens is 2. The summed E-state index contributed by atoms with van der Waals surface area (Å²) in [4.78, 5) is 0. The third-order valence-corrected chi connectivity index (χ3v) is 6.65. The zero-order valence-electron chi connectivity index (χ0n) is 15.2. The van der Waals surface area contributed by atoms with Crippen LogP contribution in [-0.4, -0.2) is 4.40 Å². The molecule has 29 heavy (non-hydrogen) atoms. The van der Waals surface area contributed by atoms with Crippen LogP contribution in [-0.2, 0) is 0 Å². The number of nitrogens with zero attached hydrogens (tertiary/aromatic N) is 1. The summed E-state index contributed by atoms with van der Waals surface area (Å²) in [7, 11) is 0. The van der Waals surface area contributed by atoms with Crippen molar-refractivity contribution in [2.75, 3.05) is 0 Å². The van der Waals surface area contributed by atoms with Gasteiger partial charge in [0, 0.05) is 37.0 Å². The lowest BCUT2D eigenvalue weighted by Crippen LogP contribution is -1.82. The summed E-state index contributed by atoms with van der Waals surface area (Å²) in [5.41, 5.74) is 3.61. The van der Waals surface area contributed by atoms with Gasteiger partial charge in [0.05, 0.1) is 16.6 Å². The van der Waals surface area contributed by atoms with Crippen LogP contribution in [0.25, 0.3) is 59.6 Å². The molecule has 3 heteroatoms. The summed E-state index contributed by atoms with van der Waals surface area (Å²) in [6.07, 6.45) is 0. The summed E-state index contributed by atoms with van der Waals surface area (Å²) in [6, 6.07) is 27.7. The van der Waals surface area contributed by atoms with Crippen molar-refractivity contribution in [2.24, 2.45) is 0 Å². The fourth-order valence-electron chi connectivity index (χ4n) is 5.04. The Morgan fingerprint density at radius 1 is 0.517 bits per heavy atom. The second-order valence-corrected chi connectivity index (χ2v) is 8.57. The molecule has 0 aliphatic rings. The van der Waals surface area contributed by atoms with Crippen molar-refractivity contribution in [1.29, 1.82) is 0 Å². The summed E-state index contributed by atoms with van der Waals surface area (Å²) < 4.78 is 2.39. The Morgan fingerprint density at radius 3 is 2.21 bits per heavy atom. The number of aromatic nitrogens is 1. The number of hydrogen-bond acceptors (Lipinski definition) is 0. The van der Waals surface area contributed by atoms with Crippen LogP contribution in [0.2, 0.25) is 10.0 Å². The van der Waals surface area contributed by atoms with Gasteiger partial charge in [-0.2, -0.15) is 0 Å². The highest BCUT2D eigenvalue weighted by Crippen LogP contribution is 2.45. The largest absolute Gasteiger partial charge is 0.307 e. The molecular weight excluding hydrogens is 397 g/mol. The second-order valence-electron chi connectivity index (χ2n) is 7.69. The highest BCUT2D eigenvalue weighted by molar-refractivity contribution is 6.37. The van der Waals surface area contributed by atoms with Crippen molar-refractivity contribution < 1.29 is 0 Å². The molecule has 2 aromatic heterocycles. The molecule has 7 aromatic rings. The molecule has 5 aromatic carbocycles. The van der Waals surface area contributed by atoms with Crippen molar-refractivity contribution in [1.82, 2.24) is 4.40 Å². The van der Waals surface area contributed by atoms with E-state index in [-0.39, 0.29) is 0 Å². The van der Waals surface area contributed by atoms with E-state index in [2.05, 4.69) is 71.1 Å². The highest BCUT2D eigenvalue weighted by atomic mass is 35.5. The topological polar surface area (TPSA) is 4.41 Å². The number of fused-ring (bicyclic) bond motifs is 10. The Bertz CT molecular complexity index is 1780. The van der Waals surface area contributed by atoms with Crippen LogP contribution in [0.15, 0.2) is 78.9 Å². The molecule has 0 aliphatic carbocycles. The van der Waals surface area contributed by atoms with Gasteiger partial charge in [0.1, 0.15) is 0 Å². The van der Waals surface area contributed by atoms with Crippen LogP contribution in [0.1, 0.15) is 0 Å². The second kappa shape index (κ2) is 5.33. The molecule has 0 amide bonds. The molecule has 0 saturated heterocycles. The first-order valence-corrected chi connectivity index (χ1v) is 10.3. The molecule has 0 spiro atoms. The molecule has 0 N–H and O–H groups in total. The predicted octanol–water partition coefficient (Wildman–Crippen LogP) is 8.45. The fourth-order valence-corrected chi connectivity index (χ4v) is 5.37. The average molecular weight is 410 g/mol. The van der Waals surface area contributed by atoms with E-state index in [1.165, 1.54) is 54.1 Å². The van der Waals surface area contributed by atoms with Crippen LogP contribution in [0, 0.1) is 0 Å². The average Bonchev–Trinajstić information content (AvgIpc) is 3.24. The van der Waals surface area contributed by atoms with Crippen molar-refractivity contribution >= 4 is 82.8 Å². The molecule has 0 radical (unpaired) electrons. The lowest BCUT2D eigenvalue weighted by molar-refractivity contribution is 1.38. The molecule has 7 rings (SSSR count). The van der Waals surface area contributed by atoms with Crippen molar-refractivity contribution in [3.05, 3.63) is 88.9 Å². The molecule has 0 atom stereocenters. The van der Waals surface area contributed by atoms with Crippen LogP contribution in [0.5, 0.6) is 0 Å². The zero-order valence-corrected chi connectivity index (χ0v) is 16.7. The van der Waals surface area contributed by atoms with Gasteiger partial charge in [-0.1, -0.05) is 71.7 Å². The van der Waals surface area contributed by atoms with E-state index in [0.717, 1.165) is 15.6 Å². The van der Waals surface area contributed by atoms with E-state index in [0.29, 0.717) is 0 Å². The quantitative estimate of drug-likeness (QED) is 0.236. The molecule has 2 heterocycles. The van der Waals surface area contributed by atoms with Gasteiger partial charge < -0.3 is 4.40 Å². The summed E-state index contributed by atoms with van der Waals surface area (Å²) in [6.45, 7) is 0. The van der Waals surface area contributed by atoms with Crippen LogP contribution >= 0.6 is 23.2 Å². The van der Waals surface area contributed by atoms with E-state index in [4.69, 9.17) is 23.2 Å². The Balaban J connectivity index is 1.95. The maximum atomic E-state index is 6.43. The number of rotatable bonds is 0. The van der Waals surface area contributed by atoms with E-state index in [1.807, 2.05) is 12.1 Å². The molecule has 0 saturated carbocycles. The van der Waals surface area contributed by atoms with Crippen molar-refractivity contribution in [3.63, 3.8) is 0 Å². The van der Waals surface area contributed by atoms with E-state index in [9.17, 15) is 0 Å². The smallest absolute Gasteiger partial charge is 0.0627 e. The highest BCUT2D eigenvalue weighted by Gasteiger charge is 2.21. The zero-order chi connectivity index (χ0) is 19.3. The minimum Gasteiger partial charge on any atom is -0.307 e. The molecule has 1 nitrogen and oxygen atoms in total. The maximum absolute atomic E-state index is 6.43. The summed E-state index contributed by atoms with van der Waals surface area (Å²) in [5.74, 6) is 0. The van der Waals surface area contributed by atoms with Gasteiger partial charge in [-0.15, -0.1) is 0 Å². The lowest BCUT2D eigenvalue weighted by atomic mass is 9.99. The summed E-state index contributed by atoms with van der Waals surface area (Å²) >= 11 is 12.8. The first-order valence-electron chi connectivity index (χ1n) is 9.59. The molecule has 136 valence electrons. The van der Waals surface area contributed by atoms with Gasteiger partial charge in [-0.3, -0.25) is 0 Å². The van der Waals surface area contributed by atoms with E-state index in [1.54, 1.807) is 0 Å². The molecule has 0 fully saturated rings. The SMILES string of the molecule is Clc1ccc2cc3c4ccc(Cl)cc4n4c5c6ccccc6ccc5c(c2c1)c34. The first kappa shape index (κ1) is 15.9. The van der Waals surface area contributed by atoms with Crippen LogP contribution < -0.4 is 0 Å². The monoisotopic (exact) mass is 409 g/mol. The Morgan fingerprint density at radius 2 is 1.28 bits per heavy atom. The van der Waals surface area contributed by atoms with Crippen molar-refractivity contribution in [2.45, 2.75) is 0 Å². The number of benzene rings is 5. The molecule has 0 bridgehead atoms. The molecule has 0 aliphatic heterocycles. The maximum Gasteiger partial charge on any atom is 0.0627 e. The first-order chi connectivity index (χ1) is 14.2. The minimum absolute atomic E-state index is 0.749. The van der Waals surface area contributed by atoms with Gasteiger partial charge in [-0.05, 0) is 46.5 Å². The van der Waals surface area contributed by atoms with Crippen molar-refractivity contribution in [3.8, 4) is 0 Å². The van der Waals surface area contributed by atoms with Gasteiger partial charge >= 0.3 is 0 Å². The van der Waals surface area contributed by atoms with Crippen LogP contribution in [0.3, 0.4) is 0 Å². The van der Waals surface area contributed by atoms with Gasteiger partial charge in [0.25, 0.3) is 0 Å². The lowest BCUT2D eigenvalue weighted by Gasteiger charge is -2.05. The van der Waals surface area contributed by atoms with Gasteiger partial charge in [0.2, 0.25) is 0 Å². The van der Waals surface area contributed by atoms with E-state index < -0.39 is 0 Å². The minimum atomic E-state index is 0.749. The molecular formula is C26H13Cl2N. The molecule has 0 unspecified atom stereocenters. The Labute approximate surface area is 176 Å². The van der Waals surface area contributed by atoms with E-state index >= 15 is 0 Å². The predicted molar refractivity (Wildman–Crippen MR) is 126 cm³/mol. The number of hydrogen-bond donors (Lipinski definition) is 0. The summed E-state index contributed by atoms with van der Waals surface area (Å²) in [5, 5.41) is 11.4. The standard InChI is InChI=1S/C26H13Cl2N/c27-16-7-5-15-11-22-19-10-8-17(28)13-23(19)29-25-18-4-2-1-3-14(18)6-9-20(25)24(26(22)29)21(15)12-16/h1-13H.